The summed E-state index contributed by atoms with van der Waals surface area (Å²) < 4.78 is 0. The van der Waals surface area contributed by atoms with E-state index in [1.807, 2.05) is 26.0 Å². The Kier molecular flexibility index (Phi) is 4.62. The molecule has 2 aliphatic carbocycles. The SMILES string of the molecule is CC.O=Cc1cc2c(cc1O)C1CCCCC1CC2. The number of phenolic OH excluding ortho intramolecular Hbond substituents is 1. The molecule has 1 aromatic carbocycles. The summed E-state index contributed by atoms with van der Waals surface area (Å²) in [5.41, 5.74) is 3.04. The van der Waals surface area contributed by atoms with E-state index in [-0.39, 0.29) is 5.75 Å². The number of phenols is 1. The summed E-state index contributed by atoms with van der Waals surface area (Å²) >= 11 is 0. The van der Waals surface area contributed by atoms with Crippen molar-refractivity contribution in [1.82, 2.24) is 0 Å². The number of aryl methyl sites for hydroxylation is 1. The van der Waals surface area contributed by atoms with E-state index in [9.17, 15) is 9.90 Å². The highest BCUT2D eigenvalue weighted by molar-refractivity contribution is 5.80. The Balaban J connectivity index is 0.000000637. The predicted octanol–water partition coefficient (Wildman–Crippen LogP) is 4.45. The summed E-state index contributed by atoms with van der Waals surface area (Å²) in [7, 11) is 0. The number of aldehydes is 1. The van der Waals surface area contributed by atoms with Crippen LogP contribution in [-0.2, 0) is 6.42 Å². The lowest BCUT2D eigenvalue weighted by Gasteiger charge is -2.37. The van der Waals surface area contributed by atoms with Gasteiger partial charge in [0.2, 0.25) is 0 Å². The first-order chi connectivity index (χ1) is 9.29. The quantitative estimate of drug-likeness (QED) is 0.757. The zero-order valence-electron chi connectivity index (χ0n) is 12.0. The van der Waals surface area contributed by atoms with Crippen LogP contribution in [0, 0.1) is 5.92 Å². The van der Waals surface area contributed by atoms with Crippen LogP contribution in [0.5, 0.6) is 5.75 Å². The number of hydrogen-bond donors (Lipinski definition) is 1. The molecule has 0 radical (unpaired) electrons. The second-order valence-electron chi connectivity index (χ2n) is 5.42. The Bertz CT molecular complexity index is 451. The third-order valence-corrected chi connectivity index (χ3v) is 4.51. The monoisotopic (exact) mass is 260 g/mol. The maximum Gasteiger partial charge on any atom is 0.153 e. The van der Waals surface area contributed by atoms with Crippen molar-refractivity contribution < 1.29 is 9.90 Å². The third kappa shape index (κ3) is 2.68. The van der Waals surface area contributed by atoms with Gasteiger partial charge in [0.25, 0.3) is 0 Å². The van der Waals surface area contributed by atoms with E-state index in [1.54, 1.807) is 0 Å². The fourth-order valence-corrected chi connectivity index (χ4v) is 3.63. The van der Waals surface area contributed by atoms with Crippen molar-refractivity contribution in [2.75, 3.05) is 0 Å². The molecule has 1 N–H and O–H groups in total. The van der Waals surface area contributed by atoms with Crippen molar-refractivity contribution in [2.24, 2.45) is 5.92 Å². The Labute approximate surface area is 115 Å². The van der Waals surface area contributed by atoms with Crippen molar-refractivity contribution in [3.63, 3.8) is 0 Å². The molecular weight excluding hydrogens is 236 g/mol. The van der Waals surface area contributed by atoms with E-state index in [1.165, 1.54) is 43.2 Å². The lowest BCUT2D eigenvalue weighted by atomic mass is 9.68. The Morgan fingerprint density at radius 2 is 1.89 bits per heavy atom. The molecule has 0 spiro atoms. The molecule has 1 aromatic rings. The number of rotatable bonds is 1. The van der Waals surface area contributed by atoms with Crippen molar-refractivity contribution in [2.45, 2.75) is 58.3 Å². The van der Waals surface area contributed by atoms with Crippen LogP contribution in [0.3, 0.4) is 0 Å². The molecule has 2 unspecified atom stereocenters. The van der Waals surface area contributed by atoms with Crippen molar-refractivity contribution in [3.8, 4) is 5.75 Å². The maximum absolute atomic E-state index is 10.8. The van der Waals surface area contributed by atoms with Crippen LogP contribution in [-0.4, -0.2) is 11.4 Å². The molecule has 2 nitrogen and oxygen atoms in total. The molecule has 104 valence electrons. The fraction of sp³-hybridized carbons (Fsp3) is 0.588. The first-order valence-corrected chi connectivity index (χ1v) is 7.60. The summed E-state index contributed by atoms with van der Waals surface area (Å²) in [5, 5.41) is 9.83. The standard InChI is InChI=1S/C15H18O2.C2H6/c16-9-12-7-11-6-5-10-3-1-2-4-13(10)14(11)8-15(12)17;1-2/h7-10,13,17H,1-6H2;1-2H3. The molecule has 2 aliphatic rings. The molecule has 19 heavy (non-hydrogen) atoms. The minimum atomic E-state index is 0.157. The van der Waals surface area contributed by atoms with Crippen LogP contribution >= 0.6 is 0 Å². The summed E-state index contributed by atoms with van der Waals surface area (Å²) in [5.74, 6) is 1.59. The first-order valence-electron chi connectivity index (χ1n) is 7.60. The summed E-state index contributed by atoms with van der Waals surface area (Å²) in [4.78, 5) is 10.8. The number of benzene rings is 1. The average Bonchev–Trinajstić information content (AvgIpc) is 2.48. The van der Waals surface area contributed by atoms with E-state index >= 15 is 0 Å². The minimum Gasteiger partial charge on any atom is -0.507 e. The van der Waals surface area contributed by atoms with Crippen molar-refractivity contribution >= 4 is 6.29 Å². The van der Waals surface area contributed by atoms with Gasteiger partial charge in [-0.05, 0) is 60.8 Å². The lowest BCUT2D eigenvalue weighted by molar-refractivity contribution is 0.112. The molecule has 0 aliphatic heterocycles. The molecule has 0 bridgehead atoms. The summed E-state index contributed by atoms with van der Waals surface area (Å²) in [6.45, 7) is 4.00. The predicted molar refractivity (Wildman–Crippen MR) is 77.9 cm³/mol. The van der Waals surface area contributed by atoms with Gasteiger partial charge < -0.3 is 5.11 Å². The maximum atomic E-state index is 10.8. The van der Waals surface area contributed by atoms with Crippen molar-refractivity contribution in [1.29, 1.82) is 0 Å². The van der Waals surface area contributed by atoms with E-state index in [0.29, 0.717) is 11.5 Å². The Hall–Kier alpha value is -1.31. The number of fused-ring (bicyclic) bond motifs is 3. The summed E-state index contributed by atoms with van der Waals surface area (Å²) in [6.07, 6.45) is 8.31. The second-order valence-corrected chi connectivity index (χ2v) is 5.42. The zero-order valence-corrected chi connectivity index (χ0v) is 12.0. The van der Waals surface area contributed by atoms with Gasteiger partial charge in [-0.25, -0.2) is 0 Å². The van der Waals surface area contributed by atoms with Gasteiger partial charge >= 0.3 is 0 Å². The third-order valence-electron chi connectivity index (χ3n) is 4.51. The lowest BCUT2D eigenvalue weighted by Crippen LogP contribution is -2.24. The minimum absolute atomic E-state index is 0.157. The average molecular weight is 260 g/mol. The number of carbonyl (C=O) groups excluding carboxylic acids is 1. The first kappa shape index (κ1) is 14.1. The highest BCUT2D eigenvalue weighted by Crippen LogP contribution is 2.46. The van der Waals surface area contributed by atoms with Gasteiger partial charge in [-0.3, -0.25) is 4.79 Å². The number of aromatic hydroxyl groups is 1. The molecule has 0 amide bonds. The van der Waals surface area contributed by atoms with Crippen LogP contribution in [0.4, 0.5) is 0 Å². The molecule has 0 heterocycles. The van der Waals surface area contributed by atoms with E-state index in [2.05, 4.69) is 0 Å². The largest absolute Gasteiger partial charge is 0.507 e. The molecule has 2 heteroatoms. The van der Waals surface area contributed by atoms with Crippen LogP contribution in [0.2, 0.25) is 0 Å². The Morgan fingerprint density at radius 1 is 1.16 bits per heavy atom. The van der Waals surface area contributed by atoms with Gasteiger partial charge in [-0.2, -0.15) is 0 Å². The number of carbonyl (C=O) groups is 1. The Morgan fingerprint density at radius 3 is 2.63 bits per heavy atom. The van der Waals surface area contributed by atoms with E-state index < -0.39 is 0 Å². The van der Waals surface area contributed by atoms with Gasteiger partial charge in [-0.1, -0.05) is 26.7 Å². The zero-order chi connectivity index (χ0) is 13.8. The van der Waals surface area contributed by atoms with Gasteiger partial charge in [-0.15, -0.1) is 0 Å². The van der Waals surface area contributed by atoms with Gasteiger partial charge in [0.05, 0.1) is 5.56 Å². The molecule has 0 saturated heterocycles. The van der Waals surface area contributed by atoms with Crippen molar-refractivity contribution in [3.05, 3.63) is 28.8 Å². The molecule has 1 fully saturated rings. The molecule has 2 atom stereocenters. The van der Waals surface area contributed by atoms with Crippen LogP contribution in [0.1, 0.15) is 73.4 Å². The summed E-state index contributed by atoms with van der Waals surface area (Å²) in [6, 6.07) is 3.74. The van der Waals surface area contributed by atoms with E-state index in [0.717, 1.165) is 18.6 Å². The fourth-order valence-electron chi connectivity index (χ4n) is 3.63. The molecule has 3 rings (SSSR count). The second kappa shape index (κ2) is 6.23. The van der Waals surface area contributed by atoms with Crippen LogP contribution < -0.4 is 0 Å². The van der Waals surface area contributed by atoms with Gasteiger partial charge in [0.1, 0.15) is 5.75 Å². The highest BCUT2D eigenvalue weighted by atomic mass is 16.3. The normalized spacial score (nSPS) is 24.5. The number of hydrogen-bond acceptors (Lipinski definition) is 2. The molecule has 1 saturated carbocycles. The van der Waals surface area contributed by atoms with Gasteiger partial charge in [0.15, 0.2) is 6.29 Å². The topological polar surface area (TPSA) is 37.3 Å². The van der Waals surface area contributed by atoms with Gasteiger partial charge in [0, 0.05) is 0 Å². The highest BCUT2D eigenvalue weighted by Gasteiger charge is 2.32. The van der Waals surface area contributed by atoms with Crippen LogP contribution in [0.15, 0.2) is 12.1 Å². The smallest absolute Gasteiger partial charge is 0.153 e. The van der Waals surface area contributed by atoms with Crippen LogP contribution in [0.25, 0.3) is 0 Å². The molecule has 0 aromatic heterocycles. The molecular formula is C17H24O2. The van der Waals surface area contributed by atoms with E-state index in [4.69, 9.17) is 0 Å².